The third-order valence-corrected chi connectivity index (χ3v) is 4.64. The quantitative estimate of drug-likeness (QED) is 0.293. The Hall–Kier alpha value is -0.0900. The zero-order valence-electron chi connectivity index (χ0n) is 14.0. The van der Waals surface area contributed by atoms with Crippen molar-refractivity contribution in [2.75, 3.05) is 39.3 Å². The Labute approximate surface area is 165 Å². The zero-order chi connectivity index (χ0) is 16.4. The lowest BCUT2D eigenvalue weighted by atomic mass is 10.3. The van der Waals surface area contributed by atoms with Crippen LogP contribution in [0.15, 0.2) is 17.1 Å². The minimum atomic E-state index is -0.615. The molecule has 1 heterocycles. The van der Waals surface area contributed by atoms with Crippen molar-refractivity contribution in [1.29, 1.82) is 0 Å². The highest BCUT2D eigenvalue weighted by molar-refractivity contribution is 14.0. The number of hydrogen-bond donors (Lipinski definition) is 3. The summed E-state index contributed by atoms with van der Waals surface area (Å²) in [7, 11) is 0. The van der Waals surface area contributed by atoms with Crippen LogP contribution in [-0.2, 0) is 0 Å². The van der Waals surface area contributed by atoms with Gasteiger partial charge in [0.2, 0.25) is 0 Å². The molecule has 1 aromatic rings. The summed E-state index contributed by atoms with van der Waals surface area (Å²) in [6.45, 7) is 11.3. The number of hydrogen-bond acceptors (Lipinski definition) is 4. The Morgan fingerprint density at radius 1 is 1.30 bits per heavy atom. The van der Waals surface area contributed by atoms with Crippen LogP contribution in [0, 0.1) is 0 Å². The molecular formula is C15H28ClIN4OS. The lowest BCUT2D eigenvalue weighted by molar-refractivity contribution is 0.191. The number of halogens is 2. The fourth-order valence-corrected chi connectivity index (χ4v) is 3.03. The molecule has 134 valence electrons. The van der Waals surface area contributed by atoms with Gasteiger partial charge in [-0.05, 0) is 32.1 Å². The van der Waals surface area contributed by atoms with E-state index in [2.05, 4.69) is 34.4 Å². The summed E-state index contributed by atoms with van der Waals surface area (Å²) in [5.74, 6) is 0.733. The topological polar surface area (TPSA) is 59.9 Å². The summed E-state index contributed by atoms with van der Waals surface area (Å²) in [5.41, 5.74) is 0. The number of guanidine groups is 1. The Balaban J connectivity index is 0.00000484. The van der Waals surface area contributed by atoms with Crippen molar-refractivity contribution in [2.45, 2.75) is 26.9 Å². The van der Waals surface area contributed by atoms with E-state index >= 15 is 0 Å². The summed E-state index contributed by atoms with van der Waals surface area (Å²) in [6, 6.07) is 3.63. The van der Waals surface area contributed by atoms with Gasteiger partial charge in [-0.25, -0.2) is 0 Å². The highest BCUT2D eigenvalue weighted by Gasteiger charge is 2.10. The first-order valence-corrected chi connectivity index (χ1v) is 8.97. The highest BCUT2D eigenvalue weighted by Crippen LogP contribution is 2.26. The maximum atomic E-state index is 10.1. The number of aliphatic hydroxyl groups is 1. The van der Waals surface area contributed by atoms with Gasteiger partial charge in [0.15, 0.2) is 5.96 Å². The van der Waals surface area contributed by atoms with E-state index in [-0.39, 0.29) is 24.0 Å². The molecular weight excluding hydrogens is 447 g/mol. The van der Waals surface area contributed by atoms with Crippen LogP contribution in [0.4, 0.5) is 0 Å². The molecule has 0 aromatic carbocycles. The molecule has 0 fully saturated rings. The summed E-state index contributed by atoms with van der Waals surface area (Å²) >= 11 is 7.27. The molecule has 0 bridgehead atoms. The van der Waals surface area contributed by atoms with Gasteiger partial charge < -0.3 is 20.6 Å². The van der Waals surface area contributed by atoms with Crippen LogP contribution in [0.3, 0.4) is 0 Å². The fourth-order valence-electron chi connectivity index (χ4n) is 1.99. The van der Waals surface area contributed by atoms with Crippen molar-refractivity contribution < 1.29 is 5.11 Å². The second-order valence-electron chi connectivity index (χ2n) is 4.83. The van der Waals surface area contributed by atoms with Crippen LogP contribution in [0.5, 0.6) is 0 Å². The first-order chi connectivity index (χ1) is 10.6. The third-order valence-electron chi connectivity index (χ3n) is 3.30. The molecule has 0 aliphatic carbocycles. The van der Waals surface area contributed by atoms with Gasteiger partial charge in [-0.1, -0.05) is 25.4 Å². The molecule has 1 atom stereocenters. The molecule has 1 unspecified atom stereocenters. The first-order valence-electron chi connectivity index (χ1n) is 7.78. The molecule has 1 rings (SSSR count). The highest BCUT2D eigenvalue weighted by atomic mass is 127. The molecule has 0 aliphatic rings. The number of likely N-dealkylation sites (N-methyl/N-ethyl adjacent to an activating group) is 1. The van der Waals surface area contributed by atoms with Gasteiger partial charge in [-0.2, -0.15) is 0 Å². The molecule has 23 heavy (non-hydrogen) atoms. The number of aliphatic hydroxyl groups excluding tert-OH is 1. The SMILES string of the molecule is CCNC(=NCC(O)c1ccc(Cl)s1)NCCN(CC)CC.I. The first kappa shape index (κ1) is 22.9. The Kier molecular flexibility index (Phi) is 13.2. The molecule has 3 N–H and O–H groups in total. The summed E-state index contributed by atoms with van der Waals surface area (Å²) in [6.07, 6.45) is -0.615. The van der Waals surface area contributed by atoms with Gasteiger partial charge >= 0.3 is 0 Å². The van der Waals surface area contributed by atoms with E-state index in [4.69, 9.17) is 11.6 Å². The maximum Gasteiger partial charge on any atom is 0.191 e. The summed E-state index contributed by atoms with van der Waals surface area (Å²) < 4.78 is 0.683. The molecule has 1 aromatic heterocycles. The van der Waals surface area contributed by atoms with Crippen molar-refractivity contribution in [3.05, 3.63) is 21.3 Å². The van der Waals surface area contributed by atoms with Gasteiger partial charge in [0.25, 0.3) is 0 Å². The third kappa shape index (κ3) is 9.09. The van der Waals surface area contributed by atoms with Crippen LogP contribution in [0.2, 0.25) is 4.34 Å². The van der Waals surface area contributed by atoms with E-state index in [0.29, 0.717) is 10.9 Å². The second-order valence-corrected chi connectivity index (χ2v) is 6.58. The van der Waals surface area contributed by atoms with Gasteiger partial charge in [-0.15, -0.1) is 35.3 Å². The molecule has 5 nitrogen and oxygen atoms in total. The molecule has 8 heteroatoms. The molecule has 0 aliphatic heterocycles. The van der Waals surface area contributed by atoms with Crippen molar-refractivity contribution in [3.63, 3.8) is 0 Å². The Morgan fingerprint density at radius 3 is 2.52 bits per heavy atom. The number of nitrogens with zero attached hydrogens (tertiary/aromatic N) is 2. The summed E-state index contributed by atoms with van der Waals surface area (Å²) in [5, 5.41) is 16.6. The number of thiophene rings is 1. The van der Waals surface area contributed by atoms with Crippen LogP contribution in [0.25, 0.3) is 0 Å². The Bertz CT molecular complexity index is 454. The molecule has 0 spiro atoms. The fraction of sp³-hybridized carbons (Fsp3) is 0.667. The average Bonchev–Trinajstić information content (AvgIpc) is 2.95. The molecule has 0 amide bonds. The van der Waals surface area contributed by atoms with Crippen LogP contribution in [-0.4, -0.2) is 55.2 Å². The standard InChI is InChI=1S/C15H27ClN4OS.HI/c1-4-17-15(18-9-10-20(5-2)6-3)19-11-12(21)13-7-8-14(16)22-13;/h7-8,12,21H,4-6,9-11H2,1-3H3,(H2,17,18,19);1H. The second kappa shape index (κ2) is 13.2. The summed E-state index contributed by atoms with van der Waals surface area (Å²) in [4.78, 5) is 7.62. The van der Waals surface area contributed by atoms with Crippen LogP contribution in [0.1, 0.15) is 31.8 Å². The average molecular weight is 475 g/mol. The minimum absolute atomic E-state index is 0. The van der Waals surface area contributed by atoms with E-state index in [1.807, 2.05) is 13.0 Å². The lowest BCUT2D eigenvalue weighted by Crippen LogP contribution is -2.41. The monoisotopic (exact) mass is 474 g/mol. The number of nitrogens with one attached hydrogen (secondary N) is 2. The van der Waals surface area contributed by atoms with Crippen molar-refractivity contribution in [1.82, 2.24) is 15.5 Å². The maximum absolute atomic E-state index is 10.1. The largest absolute Gasteiger partial charge is 0.386 e. The number of aliphatic imine (C=N–C) groups is 1. The van der Waals surface area contributed by atoms with E-state index < -0.39 is 6.10 Å². The zero-order valence-corrected chi connectivity index (χ0v) is 17.9. The molecule has 0 saturated heterocycles. The van der Waals surface area contributed by atoms with Crippen LogP contribution < -0.4 is 10.6 Å². The minimum Gasteiger partial charge on any atom is -0.386 e. The van der Waals surface area contributed by atoms with E-state index in [9.17, 15) is 5.11 Å². The van der Waals surface area contributed by atoms with Gasteiger partial charge in [0.05, 0.1) is 10.9 Å². The smallest absolute Gasteiger partial charge is 0.191 e. The van der Waals surface area contributed by atoms with E-state index in [1.165, 1.54) is 11.3 Å². The van der Waals surface area contributed by atoms with Gasteiger partial charge in [-0.3, -0.25) is 4.99 Å². The predicted molar refractivity (Wildman–Crippen MR) is 111 cm³/mol. The van der Waals surface area contributed by atoms with E-state index in [0.717, 1.165) is 43.6 Å². The van der Waals surface area contributed by atoms with Gasteiger partial charge in [0, 0.05) is 24.5 Å². The molecule has 0 radical (unpaired) electrons. The predicted octanol–water partition coefficient (Wildman–Crippen LogP) is 2.95. The van der Waals surface area contributed by atoms with Crippen LogP contribution >= 0.6 is 46.9 Å². The van der Waals surface area contributed by atoms with E-state index in [1.54, 1.807) is 6.07 Å². The van der Waals surface area contributed by atoms with Crippen molar-refractivity contribution in [2.24, 2.45) is 4.99 Å². The lowest BCUT2D eigenvalue weighted by Gasteiger charge is -2.19. The normalized spacial score (nSPS) is 12.9. The molecule has 0 saturated carbocycles. The van der Waals surface area contributed by atoms with Gasteiger partial charge in [0.1, 0.15) is 6.10 Å². The Morgan fingerprint density at radius 2 is 2.00 bits per heavy atom. The van der Waals surface area contributed by atoms with Crippen molar-refractivity contribution >= 4 is 52.9 Å². The van der Waals surface area contributed by atoms with Crippen molar-refractivity contribution in [3.8, 4) is 0 Å². The number of rotatable bonds is 9.